The minimum Gasteiger partial charge on any atom is -0.494 e. The number of hydrogen-bond acceptors (Lipinski definition) is 20. The Morgan fingerprint density at radius 3 is 1.17 bits per heavy atom. The van der Waals surface area contributed by atoms with Crippen LogP contribution in [-0.4, -0.2) is 131 Å². The monoisotopic (exact) mass is 1120 g/mol. The van der Waals surface area contributed by atoms with E-state index in [4.69, 9.17) is 37.9 Å². The third kappa shape index (κ3) is 14.0. The molecule has 24 heteroatoms. The Labute approximate surface area is 457 Å². The summed E-state index contributed by atoms with van der Waals surface area (Å²) in [7, 11) is -1.48. The zero-order valence-electron chi connectivity index (χ0n) is 46.7. The minimum atomic E-state index is -3.84. The number of hydrogen-bond donors (Lipinski definition) is 0. The molecule has 2 saturated heterocycles. The van der Waals surface area contributed by atoms with Crippen LogP contribution in [0, 0.1) is 13.8 Å². The molecule has 0 radical (unpaired) electrons. The number of sulfone groups is 2. The van der Waals surface area contributed by atoms with E-state index >= 15 is 0 Å². The molecule has 0 saturated carbocycles. The molecule has 0 aliphatic carbocycles. The first-order valence-corrected chi connectivity index (χ1v) is 29.6. The number of para-hydroxylation sites is 2. The Bertz CT molecular complexity index is 2870. The van der Waals surface area contributed by atoms with Gasteiger partial charge < -0.3 is 37.9 Å². The van der Waals surface area contributed by atoms with Gasteiger partial charge in [-0.1, -0.05) is 12.1 Å². The average molecular weight is 1120 g/mol. The number of methoxy groups -OCH3 is 4. The molecule has 0 spiro atoms. The first-order valence-electron chi connectivity index (χ1n) is 26.2. The topological polar surface area (TPSA) is 255 Å². The summed E-state index contributed by atoms with van der Waals surface area (Å²) in [5.74, 6) is 2.66. The standard InChI is InChI=1S/2C27H37N5O6S/c2*1-17(2)38-26(20-15-28-18(3)14-29-20)19(4)39(33,34)16-24-30-31-27(23-10-7-8-13-37-23)32(24)25-21(35-5)11-9-12-22(25)36-6/h2*9,11-12,14-15,17,19,23,26H,7-8,10,13,16H2,1-6H3/t19-,23+,26+;19-,23-,26+/m11/s1. The molecule has 2 fully saturated rings. The van der Waals surface area contributed by atoms with Crippen molar-refractivity contribution in [3.63, 3.8) is 0 Å². The van der Waals surface area contributed by atoms with Crippen LogP contribution in [0.3, 0.4) is 0 Å². The maximum absolute atomic E-state index is 13.9. The van der Waals surface area contributed by atoms with Gasteiger partial charge in [0, 0.05) is 25.6 Å². The molecule has 6 aromatic rings. The van der Waals surface area contributed by atoms with Gasteiger partial charge in [0.15, 0.2) is 43.0 Å². The van der Waals surface area contributed by atoms with E-state index in [1.807, 2.05) is 41.5 Å². The van der Waals surface area contributed by atoms with Gasteiger partial charge in [0.25, 0.3) is 0 Å². The highest BCUT2D eigenvalue weighted by molar-refractivity contribution is 7.91. The molecule has 6 atom stereocenters. The summed E-state index contributed by atoms with van der Waals surface area (Å²) >= 11 is 0. The molecular formula is C54H74N10O12S2. The summed E-state index contributed by atoms with van der Waals surface area (Å²) in [6.07, 6.45) is 8.91. The van der Waals surface area contributed by atoms with Crippen LogP contribution in [0.4, 0.5) is 0 Å². The van der Waals surface area contributed by atoms with Crippen LogP contribution in [0.2, 0.25) is 0 Å². The lowest BCUT2D eigenvalue weighted by molar-refractivity contribution is 0.00359. The highest BCUT2D eigenvalue weighted by atomic mass is 32.2. The van der Waals surface area contributed by atoms with Crippen LogP contribution in [0.15, 0.2) is 61.2 Å². The van der Waals surface area contributed by atoms with Crippen molar-refractivity contribution in [3.8, 4) is 34.4 Å². The van der Waals surface area contributed by atoms with E-state index < -0.39 is 53.9 Å². The molecule has 78 heavy (non-hydrogen) atoms. The van der Waals surface area contributed by atoms with Crippen LogP contribution in [-0.2, 0) is 50.1 Å². The van der Waals surface area contributed by atoms with Gasteiger partial charge in [0.2, 0.25) is 0 Å². The SMILES string of the molecule is COc1cccc(OC)c1-n1c(CS(=O)(=O)[C@H](C)[C@H](OC(C)C)c2cnc(C)cn2)nnc1[C@@H]1CCCCO1.COc1cccc(OC)c1-n1c(CS(=O)(=O)[C@H](C)[C@H](OC(C)C)c2cnc(C)cn2)nnc1[C@H]1CCCCO1. The van der Waals surface area contributed by atoms with Gasteiger partial charge in [0.1, 0.15) is 70.3 Å². The molecule has 0 unspecified atom stereocenters. The van der Waals surface area contributed by atoms with Crippen molar-refractivity contribution >= 4 is 19.7 Å². The van der Waals surface area contributed by atoms with Crippen LogP contribution in [0.25, 0.3) is 11.4 Å². The molecule has 0 bridgehead atoms. The van der Waals surface area contributed by atoms with Gasteiger partial charge >= 0.3 is 0 Å². The summed E-state index contributed by atoms with van der Waals surface area (Å²) in [6.45, 7) is 15.5. The smallest absolute Gasteiger partial charge is 0.167 e. The number of benzene rings is 2. The summed E-state index contributed by atoms with van der Waals surface area (Å²) in [6, 6.07) is 10.7. The predicted octanol–water partition coefficient (Wildman–Crippen LogP) is 8.19. The van der Waals surface area contributed by atoms with Crippen LogP contribution in [0.1, 0.15) is 151 Å². The summed E-state index contributed by atoms with van der Waals surface area (Å²) < 4.78 is 106. The first kappa shape index (κ1) is 59.5. The van der Waals surface area contributed by atoms with Gasteiger partial charge in [-0.15, -0.1) is 20.4 Å². The molecule has 4 aromatic heterocycles. The lowest BCUT2D eigenvalue weighted by Gasteiger charge is -2.26. The Hall–Kier alpha value is -6.18. The van der Waals surface area contributed by atoms with Crippen molar-refractivity contribution in [2.24, 2.45) is 0 Å². The Kier molecular flexibility index (Phi) is 20.3. The van der Waals surface area contributed by atoms with Crippen molar-refractivity contribution < 1.29 is 54.7 Å². The van der Waals surface area contributed by atoms with Gasteiger partial charge in [-0.2, -0.15) is 0 Å². The second-order valence-corrected chi connectivity index (χ2v) is 24.5. The van der Waals surface area contributed by atoms with Gasteiger partial charge in [-0.3, -0.25) is 29.1 Å². The third-order valence-corrected chi connectivity index (χ3v) is 17.4. The van der Waals surface area contributed by atoms with Gasteiger partial charge in [-0.25, -0.2) is 16.8 Å². The molecular weight excluding hydrogens is 1040 g/mol. The van der Waals surface area contributed by atoms with Crippen LogP contribution >= 0.6 is 0 Å². The van der Waals surface area contributed by atoms with Crippen molar-refractivity contribution in [1.29, 1.82) is 0 Å². The number of ether oxygens (including phenoxy) is 8. The molecule has 6 heterocycles. The highest BCUT2D eigenvalue weighted by Gasteiger charge is 2.39. The summed E-state index contributed by atoms with van der Waals surface area (Å²) in [5.41, 5.74) is 3.41. The van der Waals surface area contributed by atoms with Crippen molar-refractivity contribution in [1.82, 2.24) is 49.5 Å². The van der Waals surface area contributed by atoms with Crippen molar-refractivity contribution in [2.75, 3.05) is 41.7 Å². The quantitative estimate of drug-likeness (QED) is 0.0620. The molecule has 2 aliphatic rings. The zero-order valence-corrected chi connectivity index (χ0v) is 48.3. The van der Waals surface area contributed by atoms with E-state index in [9.17, 15) is 16.8 Å². The highest BCUT2D eigenvalue weighted by Crippen LogP contribution is 2.41. The lowest BCUT2D eigenvalue weighted by Crippen LogP contribution is -2.31. The number of rotatable bonds is 22. The minimum absolute atomic E-state index is 0.229. The van der Waals surface area contributed by atoms with E-state index in [1.54, 1.807) is 113 Å². The fourth-order valence-corrected chi connectivity index (χ4v) is 12.1. The van der Waals surface area contributed by atoms with Crippen molar-refractivity contribution in [3.05, 3.63) is 107 Å². The van der Waals surface area contributed by atoms with Gasteiger partial charge in [0.05, 0.1) is 86.3 Å². The van der Waals surface area contributed by atoms with E-state index in [0.717, 1.165) is 49.9 Å². The van der Waals surface area contributed by atoms with Crippen molar-refractivity contribution in [2.45, 2.75) is 153 Å². The second-order valence-electron chi connectivity index (χ2n) is 19.8. The first-order chi connectivity index (χ1) is 37.3. The molecule has 2 aliphatic heterocycles. The Morgan fingerprint density at radius 1 is 0.526 bits per heavy atom. The zero-order chi connectivity index (χ0) is 56.3. The summed E-state index contributed by atoms with van der Waals surface area (Å²) in [5, 5.41) is 15.7. The lowest BCUT2D eigenvalue weighted by atomic mass is 10.1. The molecule has 424 valence electrons. The largest absolute Gasteiger partial charge is 0.494 e. The summed E-state index contributed by atoms with van der Waals surface area (Å²) in [4.78, 5) is 17.4. The predicted molar refractivity (Wildman–Crippen MR) is 290 cm³/mol. The number of aryl methyl sites for hydroxylation is 2. The Balaban J connectivity index is 0.000000226. The Morgan fingerprint density at radius 2 is 0.885 bits per heavy atom. The van der Waals surface area contributed by atoms with Crippen LogP contribution < -0.4 is 18.9 Å². The maximum Gasteiger partial charge on any atom is 0.167 e. The maximum atomic E-state index is 13.9. The van der Waals surface area contributed by atoms with E-state index in [0.29, 0.717) is 70.6 Å². The molecule has 0 amide bonds. The fourth-order valence-electron chi connectivity index (χ4n) is 9.27. The van der Waals surface area contributed by atoms with E-state index in [1.165, 1.54) is 0 Å². The fraction of sp³-hybridized carbons (Fsp3) is 0.556. The van der Waals surface area contributed by atoms with Crippen LogP contribution in [0.5, 0.6) is 23.0 Å². The third-order valence-electron chi connectivity index (χ3n) is 13.4. The van der Waals surface area contributed by atoms with E-state index in [2.05, 4.69) is 40.3 Å². The molecule has 8 rings (SSSR count). The van der Waals surface area contributed by atoms with E-state index in [-0.39, 0.29) is 36.1 Å². The number of nitrogens with zero attached hydrogens (tertiary/aromatic N) is 10. The molecule has 2 aromatic carbocycles. The molecule has 0 N–H and O–H groups in total. The second kappa shape index (κ2) is 26.6. The van der Waals surface area contributed by atoms with Gasteiger partial charge in [-0.05, 0) is 118 Å². The normalized spacial score (nSPS) is 17.7. The number of aromatic nitrogens is 10. The molecule has 22 nitrogen and oxygen atoms in total. The average Bonchev–Trinajstić information content (AvgIpc) is 4.04.